The van der Waals surface area contributed by atoms with Gasteiger partial charge >= 0.3 is 0 Å². The fourth-order valence-electron chi connectivity index (χ4n) is 3.36. The number of piperidine rings is 1. The third-order valence-electron chi connectivity index (χ3n) is 4.89. The number of thioether (sulfide) groups is 1. The Kier molecular flexibility index (Phi) is 10.8. The molecule has 1 aliphatic rings. The Morgan fingerprint density at radius 3 is 2.48 bits per heavy atom. The summed E-state index contributed by atoms with van der Waals surface area (Å²) in [5.74, 6) is 1.46. The van der Waals surface area contributed by atoms with Crippen LogP contribution in [0.1, 0.15) is 18.4 Å². The molecule has 7 heteroatoms. The second-order valence-corrected chi connectivity index (χ2v) is 8.09. The molecule has 2 aromatic rings. The first-order valence-electron chi connectivity index (χ1n) is 9.85. The van der Waals surface area contributed by atoms with E-state index in [4.69, 9.17) is 0 Å². The van der Waals surface area contributed by atoms with Gasteiger partial charge in [0.15, 0.2) is 5.96 Å². The molecule has 29 heavy (non-hydrogen) atoms. The maximum atomic E-state index is 13.6. The Labute approximate surface area is 194 Å². The molecular weight excluding hydrogens is 498 g/mol. The van der Waals surface area contributed by atoms with Crippen LogP contribution in [0.5, 0.6) is 0 Å². The molecule has 158 valence electrons. The molecule has 4 nitrogen and oxygen atoms in total. The van der Waals surface area contributed by atoms with Gasteiger partial charge in [-0.05, 0) is 30.5 Å². The summed E-state index contributed by atoms with van der Waals surface area (Å²) in [6.07, 6.45) is 2.22. The fraction of sp³-hybridized carbons (Fsp3) is 0.409. The summed E-state index contributed by atoms with van der Waals surface area (Å²) >= 11 is 1.52. The topological polar surface area (TPSA) is 39.7 Å². The van der Waals surface area contributed by atoms with Crippen LogP contribution in [0.15, 0.2) is 64.5 Å². The molecule has 3 rings (SSSR count). The van der Waals surface area contributed by atoms with Crippen LogP contribution in [0.25, 0.3) is 0 Å². The van der Waals surface area contributed by atoms with Gasteiger partial charge < -0.3 is 10.6 Å². The third kappa shape index (κ3) is 8.14. The van der Waals surface area contributed by atoms with Crippen molar-refractivity contribution < 1.29 is 4.39 Å². The molecule has 1 fully saturated rings. The molecule has 0 bridgehead atoms. The van der Waals surface area contributed by atoms with Crippen LogP contribution in [-0.4, -0.2) is 49.3 Å². The smallest absolute Gasteiger partial charge is 0.191 e. The molecule has 0 amide bonds. The van der Waals surface area contributed by atoms with E-state index in [1.165, 1.54) is 23.4 Å². The number of nitrogens with one attached hydrogen (secondary N) is 2. The lowest BCUT2D eigenvalue weighted by Gasteiger charge is -2.33. The second-order valence-electron chi connectivity index (χ2n) is 6.96. The summed E-state index contributed by atoms with van der Waals surface area (Å²) in [4.78, 5) is 7.53. The third-order valence-corrected chi connectivity index (χ3v) is 5.94. The standard InChI is InChI=1S/C22H29FN4S.HI/c1-24-22(25-13-16-28-21-10-6-5-9-20(21)23)26-19-11-14-27(15-12-19)17-18-7-3-2-4-8-18;/h2-10,19H,11-17H2,1H3,(H2,24,25,26);1H. The van der Waals surface area contributed by atoms with Crippen LogP contribution < -0.4 is 10.6 Å². The quantitative estimate of drug-likeness (QED) is 0.184. The first-order valence-corrected chi connectivity index (χ1v) is 10.8. The number of likely N-dealkylation sites (tertiary alicyclic amines) is 1. The Hall–Kier alpha value is -1.32. The van der Waals surface area contributed by atoms with E-state index in [0.717, 1.165) is 50.7 Å². The summed E-state index contributed by atoms with van der Waals surface area (Å²) < 4.78 is 13.6. The minimum Gasteiger partial charge on any atom is -0.356 e. The molecule has 2 N–H and O–H groups in total. The number of nitrogens with zero attached hydrogens (tertiary/aromatic N) is 2. The number of hydrogen-bond acceptors (Lipinski definition) is 3. The van der Waals surface area contributed by atoms with Gasteiger partial charge in [-0.1, -0.05) is 42.5 Å². The van der Waals surface area contributed by atoms with Crippen molar-refractivity contribution in [1.29, 1.82) is 0 Å². The van der Waals surface area contributed by atoms with Crippen molar-refractivity contribution in [3.63, 3.8) is 0 Å². The van der Waals surface area contributed by atoms with Gasteiger partial charge in [0.1, 0.15) is 5.82 Å². The average Bonchev–Trinajstić information content (AvgIpc) is 2.73. The average molecular weight is 528 g/mol. The number of aliphatic imine (C=N–C) groups is 1. The van der Waals surface area contributed by atoms with Gasteiger partial charge in [-0.3, -0.25) is 9.89 Å². The normalized spacial score (nSPS) is 15.6. The van der Waals surface area contributed by atoms with E-state index in [-0.39, 0.29) is 29.8 Å². The Balaban J connectivity index is 0.00000300. The number of rotatable bonds is 7. The zero-order chi connectivity index (χ0) is 19.6. The van der Waals surface area contributed by atoms with Crippen LogP contribution in [0, 0.1) is 5.82 Å². The van der Waals surface area contributed by atoms with Crippen LogP contribution in [-0.2, 0) is 6.54 Å². The molecule has 1 aliphatic heterocycles. The first kappa shape index (κ1) is 24.0. The van der Waals surface area contributed by atoms with Crippen LogP contribution in [0.2, 0.25) is 0 Å². The number of benzene rings is 2. The van der Waals surface area contributed by atoms with Gasteiger partial charge in [-0.15, -0.1) is 35.7 Å². The van der Waals surface area contributed by atoms with E-state index in [9.17, 15) is 4.39 Å². The zero-order valence-electron chi connectivity index (χ0n) is 16.8. The van der Waals surface area contributed by atoms with E-state index in [2.05, 4.69) is 50.9 Å². The minimum absolute atomic E-state index is 0. The SMILES string of the molecule is CN=C(NCCSc1ccccc1F)NC1CCN(Cc2ccccc2)CC1.I. The van der Waals surface area contributed by atoms with Crippen LogP contribution in [0.4, 0.5) is 4.39 Å². The lowest BCUT2D eigenvalue weighted by atomic mass is 10.0. The number of halogens is 2. The van der Waals surface area contributed by atoms with E-state index in [1.54, 1.807) is 13.1 Å². The molecule has 0 aliphatic carbocycles. The Bertz CT molecular complexity index is 751. The molecule has 0 unspecified atom stereocenters. The van der Waals surface area contributed by atoms with E-state index in [1.807, 2.05) is 12.1 Å². The van der Waals surface area contributed by atoms with E-state index < -0.39 is 0 Å². The van der Waals surface area contributed by atoms with Gasteiger partial charge in [-0.2, -0.15) is 0 Å². The van der Waals surface area contributed by atoms with Crippen molar-refractivity contribution in [1.82, 2.24) is 15.5 Å². The monoisotopic (exact) mass is 528 g/mol. The molecule has 0 saturated carbocycles. The maximum Gasteiger partial charge on any atom is 0.191 e. The van der Waals surface area contributed by atoms with Crippen molar-refractivity contribution in [2.45, 2.75) is 30.3 Å². The molecule has 1 heterocycles. The summed E-state index contributed by atoms with van der Waals surface area (Å²) in [6, 6.07) is 18.0. The Morgan fingerprint density at radius 2 is 1.79 bits per heavy atom. The summed E-state index contributed by atoms with van der Waals surface area (Å²) in [7, 11) is 1.80. The molecular formula is C22H30FIN4S. The molecule has 2 aromatic carbocycles. The predicted octanol–water partition coefficient (Wildman–Crippen LogP) is 4.37. The summed E-state index contributed by atoms with van der Waals surface area (Å²) in [5, 5.41) is 6.87. The fourth-order valence-corrected chi connectivity index (χ4v) is 4.16. The molecule has 0 spiro atoms. The van der Waals surface area contributed by atoms with Crippen molar-refractivity contribution in [3.05, 3.63) is 66.0 Å². The van der Waals surface area contributed by atoms with Gasteiger partial charge in [0.25, 0.3) is 0 Å². The second kappa shape index (κ2) is 13.1. The highest BCUT2D eigenvalue weighted by atomic mass is 127. The molecule has 0 atom stereocenters. The largest absolute Gasteiger partial charge is 0.356 e. The highest BCUT2D eigenvalue weighted by molar-refractivity contribution is 14.0. The van der Waals surface area contributed by atoms with Crippen molar-refractivity contribution in [3.8, 4) is 0 Å². The van der Waals surface area contributed by atoms with E-state index >= 15 is 0 Å². The maximum absolute atomic E-state index is 13.6. The minimum atomic E-state index is -0.155. The van der Waals surface area contributed by atoms with Gasteiger partial charge in [-0.25, -0.2) is 4.39 Å². The van der Waals surface area contributed by atoms with Gasteiger partial charge in [0.2, 0.25) is 0 Å². The predicted molar refractivity (Wildman–Crippen MR) is 132 cm³/mol. The first-order chi connectivity index (χ1) is 13.7. The van der Waals surface area contributed by atoms with Crippen molar-refractivity contribution in [2.24, 2.45) is 4.99 Å². The summed E-state index contributed by atoms with van der Waals surface area (Å²) in [6.45, 7) is 3.94. The van der Waals surface area contributed by atoms with Crippen LogP contribution in [0.3, 0.4) is 0 Å². The lowest BCUT2D eigenvalue weighted by molar-refractivity contribution is 0.198. The van der Waals surface area contributed by atoms with Gasteiger partial charge in [0, 0.05) is 49.9 Å². The van der Waals surface area contributed by atoms with Crippen molar-refractivity contribution >= 4 is 41.7 Å². The summed E-state index contributed by atoms with van der Waals surface area (Å²) in [5.41, 5.74) is 1.37. The highest BCUT2D eigenvalue weighted by Crippen LogP contribution is 2.20. The van der Waals surface area contributed by atoms with Crippen LogP contribution >= 0.6 is 35.7 Å². The lowest BCUT2D eigenvalue weighted by Crippen LogP contribution is -2.48. The highest BCUT2D eigenvalue weighted by Gasteiger charge is 2.19. The van der Waals surface area contributed by atoms with Crippen molar-refractivity contribution in [2.75, 3.05) is 32.4 Å². The zero-order valence-corrected chi connectivity index (χ0v) is 20.0. The number of guanidine groups is 1. The molecule has 0 radical (unpaired) electrons. The Morgan fingerprint density at radius 1 is 1.10 bits per heavy atom. The molecule has 0 aromatic heterocycles. The molecule has 1 saturated heterocycles. The number of hydrogen-bond donors (Lipinski definition) is 2. The van der Waals surface area contributed by atoms with E-state index in [0.29, 0.717) is 10.9 Å². The van der Waals surface area contributed by atoms with Gasteiger partial charge in [0.05, 0.1) is 0 Å².